The van der Waals surface area contributed by atoms with E-state index in [9.17, 15) is 14.7 Å². The zero-order valence-electron chi connectivity index (χ0n) is 16.8. The van der Waals surface area contributed by atoms with Crippen molar-refractivity contribution in [1.82, 2.24) is 4.90 Å². The smallest absolute Gasteiger partial charge is 0.409 e. The summed E-state index contributed by atoms with van der Waals surface area (Å²) in [6, 6.07) is 16.4. The minimum Gasteiger partial charge on any atom is -0.481 e. The molecule has 6 heteroatoms. The molecule has 30 heavy (non-hydrogen) atoms. The quantitative estimate of drug-likeness (QED) is 0.839. The van der Waals surface area contributed by atoms with Crippen molar-refractivity contribution < 1.29 is 24.2 Å². The van der Waals surface area contributed by atoms with Crippen LogP contribution in [0, 0.1) is 11.3 Å². The first-order chi connectivity index (χ1) is 14.6. The monoisotopic (exact) mass is 407 g/mol. The number of hydrogen-bond acceptors (Lipinski definition) is 4. The molecule has 0 bridgehead atoms. The van der Waals surface area contributed by atoms with Crippen molar-refractivity contribution in [2.75, 3.05) is 32.9 Å². The number of likely N-dealkylation sites (tertiary alicyclic amines) is 1. The van der Waals surface area contributed by atoms with Gasteiger partial charge in [-0.3, -0.25) is 4.79 Å². The van der Waals surface area contributed by atoms with Crippen LogP contribution in [0.25, 0.3) is 11.1 Å². The SMILES string of the molecule is O=C(O)C1CN(C(=O)OCC2c3ccccc3-c3ccccc32)CCC12CCOC2. The molecule has 2 atom stereocenters. The number of benzene rings is 2. The zero-order chi connectivity index (χ0) is 20.7. The molecule has 2 heterocycles. The predicted octanol–water partition coefficient (Wildman–Crippen LogP) is 3.75. The van der Waals surface area contributed by atoms with Crippen LogP contribution < -0.4 is 0 Å². The van der Waals surface area contributed by atoms with E-state index in [2.05, 4.69) is 24.3 Å². The van der Waals surface area contributed by atoms with Crippen molar-refractivity contribution in [3.05, 3.63) is 59.7 Å². The molecule has 2 aromatic rings. The largest absolute Gasteiger partial charge is 0.481 e. The number of carbonyl (C=O) groups excluding carboxylic acids is 1. The molecule has 3 aliphatic rings. The van der Waals surface area contributed by atoms with Crippen molar-refractivity contribution in [3.8, 4) is 11.1 Å². The normalized spacial score (nSPS) is 25.2. The van der Waals surface area contributed by atoms with Gasteiger partial charge >= 0.3 is 12.1 Å². The summed E-state index contributed by atoms with van der Waals surface area (Å²) in [7, 11) is 0. The van der Waals surface area contributed by atoms with Gasteiger partial charge in [-0.1, -0.05) is 48.5 Å². The number of carboxylic acid groups (broad SMARTS) is 1. The summed E-state index contributed by atoms with van der Waals surface area (Å²) in [5, 5.41) is 9.75. The van der Waals surface area contributed by atoms with Crippen LogP contribution in [-0.4, -0.2) is 55.0 Å². The van der Waals surface area contributed by atoms with Crippen molar-refractivity contribution in [1.29, 1.82) is 0 Å². The van der Waals surface area contributed by atoms with E-state index in [-0.39, 0.29) is 24.5 Å². The summed E-state index contributed by atoms with van der Waals surface area (Å²) >= 11 is 0. The van der Waals surface area contributed by atoms with E-state index in [1.54, 1.807) is 4.90 Å². The van der Waals surface area contributed by atoms with Crippen molar-refractivity contribution >= 4 is 12.1 Å². The Morgan fingerprint density at radius 1 is 1.07 bits per heavy atom. The molecular formula is C24H25NO5. The van der Waals surface area contributed by atoms with Gasteiger partial charge in [-0.2, -0.15) is 0 Å². The number of carboxylic acids is 1. The topological polar surface area (TPSA) is 76.1 Å². The molecule has 1 amide bonds. The Kier molecular flexibility index (Phi) is 4.74. The first-order valence-electron chi connectivity index (χ1n) is 10.5. The second-order valence-corrected chi connectivity index (χ2v) is 8.56. The Bertz CT molecular complexity index is 936. The third-order valence-electron chi connectivity index (χ3n) is 7.05. The predicted molar refractivity (Wildman–Crippen MR) is 110 cm³/mol. The first kappa shape index (κ1) is 19.1. The molecule has 6 nitrogen and oxygen atoms in total. The number of aliphatic carboxylic acids is 1. The number of carbonyl (C=O) groups is 2. The summed E-state index contributed by atoms with van der Waals surface area (Å²) < 4.78 is 11.2. The summed E-state index contributed by atoms with van der Waals surface area (Å²) in [5.74, 6) is -1.48. The molecule has 0 saturated carbocycles. The molecule has 1 N–H and O–H groups in total. The van der Waals surface area contributed by atoms with E-state index in [1.165, 1.54) is 11.1 Å². The Morgan fingerprint density at radius 3 is 2.33 bits per heavy atom. The number of fused-ring (bicyclic) bond motifs is 3. The number of ether oxygens (including phenoxy) is 2. The second-order valence-electron chi connectivity index (χ2n) is 8.56. The molecule has 2 saturated heterocycles. The minimum atomic E-state index is -0.864. The van der Waals surface area contributed by atoms with E-state index in [1.807, 2.05) is 24.3 Å². The average Bonchev–Trinajstić information content (AvgIpc) is 3.35. The van der Waals surface area contributed by atoms with Gasteiger partial charge in [0.15, 0.2) is 0 Å². The zero-order valence-corrected chi connectivity index (χ0v) is 16.8. The fourth-order valence-electron chi connectivity index (χ4n) is 5.32. The number of piperidine rings is 1. The lowest BCUT2D eigenvalue weighted by Crippen LogP contribution is -2.52. The maximum atomic E-state index is 12.8. The summed E-state index contributed by atoms with van der Waals surface area (Å²) in [5.41, 5.74) is 4.33. The average molecular weight is 407 g/mol. The van der Waals surface area contributed by atoms with Gasteiger partial charge in [0.05, 0.1) is 12.5 Å². The summed E-state index contributed by atoms with van der Waals surface area (Å²) in [6.45, 7) is 1.98. The number of hydrogen-bond donors (Lipinski definition) is 1. The molecule has 2 aliphatic heterocycles. The Balaban J connectivity index is 1.29. The summed E-state index contributed by atoms with van der Waals surface area (Å²) in [6.07, 6.45) is 0.938. The molecule has 1 spiro atoms. The third kappa shape index (κ3) is 3.06. The van der Waals surface area contributed by atoms with Crippen LogP contribution in [0.2, 0.25) is 0 Å². The molecule has 1 aliphatic carbocycles. The van der Waals surface area contributed by atoms with Gasteiger partial charge in [0, 0.05) is 31.0 Å². The van der Waals surface area contributed by atoms with Crippen molar-refractivity contribution in [2.45, 2.75) is 18.8 Å². The highest BCUT2D eigenvalue weighted by Gasteiger charge is 2.50. The van der Waals surface area contributed by atoms with Gasteiger partial charge in [-0.15, -0.1) is 0 Å². The number of rotatable bonds is 3. The highest BCUT2D eigenvalue weighted by Crippen LogP contribution is 2.45. The second kappa shape index (κ2) is 7.43. The number of nitrogens with zero attached hydrogens (tertiary/aromatic N) is 1. The first-order valence-corrected chi connectivity index (χ1v) is 10.5. The van der Waals surface area contributed by atoms with Crippen molar-refractivity contribution in [3.63, 3.8) is 0 Å². The van der Waals surface area contributed by atoms with E-state index in [4.69, 9.17) is 9.47 Å². The molecule has 0 radical (unpaired) electrons. The Morgan fingerprint density at radius 2 is 1.73 bits per heavy atom. The Hall–Kier alpha value is -2.86. The summed E-state index contributed by atoms with van der Waals surface area (Å²) in [4.78, 5) is 26.3. The van der Waals surface area contributed by atoms with Crippen LogP contribution in [0.5, 0.6) is 0 Å². The highest BCUT2D eigenvalue weighted by atomic mass is 16.6. The van der Waals surface area contributed by atoms with Crippen LogP contribution >= 0.6 is 0 Å². The third-order valence-corrected chi connectivity index (χ3v) is 7.05. The lowest BCUT2D eigenvalue weighted by Gasteiger charge is -2.42. The molecule has 2 fully saturated rings. The maximum Gasteiger partial charge on any atom is 0.409 e. The van der Waals surface area contributed by atoms with Gasteiger partial charge in [0.2, 0.25) is 0 Å². The maximum absolute atomic E-state index is 12.8. The van der Waals surface area contributed by atoms with Gasteiger partial charge in [-0.05, 0) is 35.1 Å². The molecule has 156 valence electrons. The Labute approximate surface area is 175 Å². The van der Waals surface area contributed by atoms with Crippen LogP contribution in [-0.2, 0) is 14.3 Å². The van der Waals surface area contributed by atoms with E-state index in [0.29, 0.717) is 26.2 Å². The molecule has 2 unspecified atom stereocenters. The molecule has 2 aromatic carbocycles. The molecule has 0 aromatic heterocycles. The molecular weight excluding hydrogens is 382 g/mol. The van der Waals surface area contributed by atoms with E-state index >= 15 is 0 Å². The van der Waals surface area contributed by atoms with Gasteiger partial charge in [-0.25, -0.2) is 4.79 Å². The van der Waals surface area contributed by atoms with Crippen LogP contribution in [0.15, 0.2) is 48.5 Å². The minimum absolute atomic E-state index is 0.00372. The van der Waals surface area contributed by atoms with Gasteiger partial charge < -0.3 is 19.5 Å². The van der Waals surface area contributed by atoms with Gasteiger partial charge in [0.1, 0.15) is 6.61 Å². The fourth-order valence-corrected chi connectivity index (χ4v) is 5.32. The lowest BCUT2D eigenvalue weighted by molar-refractivity contribution is -0.150. The molecule has 5 rings (SSSR count). The lowest BCUT2D eigenvalue weighted by atomic mass is 9.70. The van der Waals surface area contributed by atoms with Crippen LogP contribution in [0.4, 0.5) is 4.79 Å². The van der Waals surface area contributed by atoms with Crippen LogP contribution in [0.1, 0.15) is 29.9 Å². The fraction of sp³-hybridized carbons (Fsp3) is 0.417. The highest BCUT2D eigenvalue weighted by molar-refractivity contribution is 5.79. The number of amides is 1. The standard InChI is InChI=1S/C24H25NO5/c26-22(27)21-13-25(11-9-24(21)10-12-29-15-24)23(28)30-14-20-18-7-3-1-5-16(18)17-6-2-4-8-19(17)20/h1-8,20-21H,9-15H2,(H,26,27). The van der Waals surface area contributed by atoms with E-state index < -0.39 is 18.0 Å². The van der Waals surface area contributed by atoms with Gasteiger partial charge in [0.25, 0.3) is 0 Å². The van der Waals surface area contributed by atoms with Crippen LogP contribution in [0.3, 0.4) is 0 Å². The van der Waals surface area contributed by atoms with Crippen molar-refractivity contribution in [2.24, 2.45) is 11.3 Å². The van der Waals surface area contributed by atoms with E-state index in [0.717, 1.165) is 17.5 Å².